The Hall–Kier alpha value is -3.04. The number of hydrogen-bond acceptors (Lipinski definition) is 5. The first-order valence-corrected chi connectivity index (χ1v) is 11.1. The third-order valence-electron chi connectivity index (χ3n) is 5.30. The maximum absolute atomic E-state index is 12.9. The summed E-state index contributed by atoms with van der Waals surface area (Å²) in [6.45, 7) is 2.32. The largest absolute Gasteiger partial charge is 0.493 e. The standard InChI is InChI=1S/C21H22N4O4S/c1-14-8-10-16(11-9-14)30(28,29)25-12-4-5-15(13-25)20(26)24-23-19-17-6-2-3-7-18(17)22-21(19)27/h2-3,6-11,15,22,27H,4-5,12-13H2,1H3/t15-/m0/s1. The van der Waals surface area contributed by atoms with E-state index in [2.05, 4.69) is 15.2 Å². The van der Waals surface area contributed by atoms with Crippen molar-refractivity contribution in [1.29, 1.82) is 0 Å². The molecule has 2 aromatic carbocycles. The van der Waals surface area contributed by atoms with Crippen LogP contribution in [-0.4, -0.2) is 41.8 Å². The van der Waals surface area contributed by atoms with Gasteiger partial charge in [-0.1, -0.05) is 35.9 Å². The maximum atomic E-state index is 12.9. The van der Waals surface area contributed by atoms with Crippen LogP contribution in [0.2, 0.25) is 0 Å². The van der Waals surface area contributed by atoms with Crippen LogP contribution in [0.25, 0.3) is 10.9 Å². The number of amides is 1. The number of aromatic hydroxyl groups is 1. The SMILES string of the molecule is Cc1ccc(S(=O)(=O)N2CCC[C@H](C(=O)N=Nc3c(O)[nH]c4ccccc34)C2)cc1. The Bertz CT molecular complexity index is 1220. The van der Waals surface area contributed by atoms with E-state index in [1.807, 2.05) is 13.0 Å². The molecule has 30 heavy (non-hydrogen) atoms. The lowest BCUT2D eigenvalue weighted by Crippen LogP contribution is -2.41. The highest BCUT2D eigenvalue weighted by molar-refractivity contribution is 7.89. The number of fused-ring (bicyclic) bond motifs is 1. The number of nitrogens with one attached hydrogen (secondary N) is 1. The van der Waals surface area contributed by atoms with Gasteiger partial charge in [0.2, 0.25) is 15.9 Å². The molecule has 1 fully saturated rings. The summed E-state index contributed by atoms with van der Waals surface area (Å²) in [7, 11) is -3.68. The van der Waals surface area contributed by atoms with Gasteiger partial charge in [0.05, 0.1) is 16.3 Å². The predicted molar refractivity (Wildman–Crippen MR) is 112 cm³/mol. The molecule has 1 aromatic heterocycles. The van der Waals surface area contributed by atoms with Gasteiger partial charge in [-0.25, -0.2) is 8.42 Å². The summed E-state index contributed by atoms with van der Waals surface area (Å²) in [6.07, 6.45) is 1.10. The summed E-state index contributed by atoms with van der Waals surface area (Å²) in [5.74, 6) is -1.24. The number of azo groups is 1. The lowest BCUT2D eigenvalue weighted by Gasteiger charge is -2.30. The Labute approximate surface area is 174 Å². The molecule has 1 aliphatic rings. The average molecular weight is 426 g/mol. The molecular formula is C21H22N4O4S. The van der Waals surface area contributed by atoms with Crippen LogP contribution in [-0.2, 0) is 14.8 Å². The van der Waals surface area contributed by atoms with Crippen molar-refractivity contribution < 1.29 is 18.3 Å². The summed E-state index contributed by atoms with van der Waals surface area (Å²) in [5.41, 5.74) is 1.85. The van der Waals surface area contributed by atoms with Gasteiger partial charge in [0.15, 0.2) is 5.69 Å². The highest BCUT2D eigenvalue weighted by Crippen LogP contribution is 2.35. The molecule has 1 atom stereocenters. The number of aromatic amines is 1. The molecule has 156 valence electrons. The van der Waals surface area contributed by atoms with Crippen molar-refractivity contribution in [3.05, 3.63) is 54.1 Å². The number of carbonyl (C=O) groups excluding carboxylic acids is 1. The lowest BCUT2D eigenvalue weighted by molar-refractivity contribution is -0.123. The first-order chi connectivity index (χ1) is 14.4. The average Bonchev–Trinajstić information content (AvgIpc) is 3.07. The third-order valence-corrected chi connectivity index (χ3v) is 7.18. The fourth-order valence-corrected chi connectivity index (χ4v) is 5.14. The van der Waals surface area contributed by atoms with Crippen LogP contribution >= 0.6 is 0 Å². The van der Waals surface area contributed by atoms with Crippen LogP contribution in [0.5, 0.6) is 5.88 Å². The van der Waals surface area contributed by atoms with Crippen molar-refractivity contribution in [2.45, 2.75) is 24.7 Å². The van der Waals surface area contributed by atoms with Crippen LogP contribution in [0.3, 0.4) is 0 Å². The predicted octanol–water partition coefficient (Wildman–Crippen LogP) is 3.89. The molecule has 1 amide bonds. The van der Waals surface area contributed by atoms with Gasteiger partial charge in [-0.3, -0.25) is 4.79 Å². The second kappa shape index (κ2) is 8.00. The van der Waals surface area contributed by atoms with E-state index in [1.54, 1.807) is 42.5 Å². The van der Waals surface area contributed by atoms with Crippen LogP contribution in [0.1, 0.15) is 18.4 Å². The van der Waals surface area contributed by atoms with Crippen molar-refractivity contribution in [2.75, 3.05) is 13.1 Å². The highest BCUT2D eigenvalue weighted by atomic mass is 32.2. The summed E-state index contributed by atoms with van der Waals surface area (Å²) in [5, 5.41) is 18.4. The molecule has 0 saturated carbocycles. The van der Waals surface area contributed by atoms with E-state index < -0.39 is 21.8 Å². The first kappa shape index (κ1) is 20.2. The van der Waals surface area contributed by atoms with Crippen LogP contribution < -0.4 is 0 Å². The maximum Gasteiger partial charge on any atom is 0.269 e. The van der Waals surface area contributed by atoms with E-state index in [-0.39, 0.29) is 23.0 Å². The number of benzene rings is 2. The van der Waals surface area contributed by atoms with Crippen molar-refractivity contribution in [2.24, 2.45) is 16.1 Å². The molecule has 2 heterocycles. The van der Waals surface area contributed by atoms with Gasteiger partial charge in [-0.05, 0) is 38.0 Å². The van der Waals surface area contributed by atoms with Crippen molar-refractivity contribution in [3.63, 3.8) is 0 Å². The van der Waals surface area contributed by atoms with Gasteiger partial charge in [-0.15, -0.1) is 10.2 Å². The summed E-state index contributed by atoms with van der Waals surface area (Å²) in [4.78, 5) is 15.6. The number of rotatable bonds is 4. The number of aryl methyl sites for hydroxylation is 1. The topological polar surface area (TPSA) is 115 Å². The minimum atomic E-state index is -3.68. The molecule has 0 spiro atoms. The quantitative estimate of drug-likeness (QED) is 0.616. The second-order valence-corrected chi connectivity index (χ2v) is 9.36. The van der Waals surface area contributed by atoms with Gasteiger partial charge in [0.1, 0.15) is 0 Å². The lowest BCUT2D eigenvalue weighted by atomic mass is 9.99. The Morgan fingerprint density at radius 1 is 1.17 bits per heavy atom. The number of carbonyl (C=O) groups is 1. The molecule has 0 unspecified atom stereocenters. The molecule has 2 N–H and O–H groups in total. The molecule has 0 bridgehead atoms. The summed E-state index contributed by atoms with van der Waals surface area (Å²) < 4.78 is 27.2. The van der Waals surface area contributed by atoms with E-state index >= 15 is 0 Å². The van der Waals surface area contributed by atoms with Gasteiger partial charge >= 0.3 is 0 Å². The first-order valence-electron chi connectivity index (χ1n) is 9.68. The fourth-order valence-electron chi connectivity index (χ4n) is 3.62. The molecule has 1 aliphatic heterocycles. The summed E-state index contributed by atoms with van der Waals surface area (Å²) >= 11 is 0. The minimum Gasteiger partial charge on any atom is -0.493 e. The number of H-pyrrole nitrogens is 1. The zero-order valence-electron chi connectivity index (χ0n) is 16.4. The van der Waals surface area contributed by atoms with E-state index in [0.717, 1.165) is 5.56 Å². The number of nitrogens with zero attached hydrogens (tertiary/aromatic N) is 3. The Morgan fingerprint density at radius 2 is 1.90 bits per heavy atom. The Balaban J connectivity index is 1.51. The molecule has 0 aliphatic carbocycles. The number of sulfonamides is 1. The van der Waals surface area contributed by atoms with Crippen molar-refractivity contribution in [3.8, 4) is 5.88 Å². The highest BCUT2D eigenvalue weighted by Gasteiger charge is 2.33. The van der Waals surface area contributed by atoms with Gasteiger partial charge < -0.3 is 10.1 Å². The summed E-state index contributed by atoms with van der Waals surface area (Å²) in [6, 6.07) is 13.8. The van der Waals surface area contributed by atoms with E-state index in [9.17, 15) is 18.3 Å². The van der Waals surface area contributed by atoms with E-state index in [1.165, 1.54) is 4.31 Å². The number of aromatic nitrogens is 1. The smallest absolute Gasteiger partial charge is 0.269 e. The Kier molecular flexibility index (Phi) is 5.40. The normalized spacial score (nSPS) is 18.2. The van der Waals surface area contributed by atoms with Gasteiger partial charge in [0, 0.05) is 18.5 Å². The molecule has 0 radical (unpaired) electrons. The third kappa shape index (κ3) is 3.86. The molecule has 4 rings (SSSR count). The molecule has 9 heteroatoms. The zero-order valence-corrected chi connectivity index (χ0v) is 17.3. The van der Waals surface area contributed by atoms with Crippen LogP contribution in [0.4, 0.5) is 5.69 Å². The van der Waals surface area contributed by atoms with Crippen molar-refractivity contribution >= 4 is 32.5 Å². The fraction of sp³-hybridized carbons (Fsp3) is 0.286. The minimum absolute atomic E-state index is 0.0634. The van der Waals surface area contributed by atoms with Gasteiger partial charge in [-0.2, -0.15) is 4.31 Å². The molecule has 3 aromatic rings. The number of piperidine rings is 1. The van der Waals surface area contributed by atoms with Crippen LogP contribution in [0.15, 0.2) is 63.7 Å². The van der Waals surface area contributed by atoms with Gasteiger partial charge in [0.25, 0.3) is 5.91 Å². The monoisotopic (exact) mass is 426 g/mol. The van der Waals surface area contributed by atoms with E-state index in [4.69, 9.17) is 0 Å². The van der Waals surface area contributed by atoms with E-state index in [0.29, 0.717) is 30.3 Å². The Morgan fingerprint density at radius 3 is 2.67 bits per heavy atom. The zero-order chi connectivity index (χ0) is 21.3. The molecule has 8 nitrogen and oxygen atoms in total. The molecular weight excluding hydrogens is 404 g/mol. The van der Waals surface area contributed by atoms with Crippen LogP contribution in [0, 0.1) is 12.8 Å². The molecule has 1 saturated heterocycles. The number of para-hydroxylation sites is 1. The van der Waals surface area contributed by atoms with Crippen molar-refractivity contribution in [1.82, 2.24) is 9.29 Å². The second-order valence-electron chi connectivity index (χ2n) is 7.42. The number of hydrogen-bond donors (Lipinski definition) is 2.